The maximum Gasteiger partial charge on any atom is 0.306 e. The molecule has 1 heterocycles. The van der Waals surface area contributed by atoms with Crippen LogP contribution in [-0.4, -0.2) is 39.4 Å². The molecule has 1 atom stereocenters. The van der Waals surface area contributed by atoms with Crippen LogP contribution in [0.25, 0.3) is 0 Å². The van der Waals surface area contributed by atoms with Crippen molar-refractivity contribution in [3.8, 4) is 0 Å². The molecule has 35 heavy (non-hydrogen) atoms. The van der Waals surface area contributed by atoms with Gasteiger partial charge < -0.3 is 15.5 Å². The highest BCUT2D eigenvalue weighted by Gasteiger charge is 2.29. The standard InChI is InChI=1S/C26H30N4O4S/c1-29(28)25-11-10-20(15-24(25)27)23(16-26(31)34-2)19-9-8-18-12-13-30(17-21(18)14-19)35(32,33)22-6-4-3-5-7-22/h3-11,14-15,23H,12-13,16-17,27-28H2,1-2H3. The Morgan fingerprint density at radius 3 is 2.40 bits per heavy atom. The summed E-state index contributed by atoms with van der Waals surface area (Å²) in [6.45, 7) is 0.685. The lowest BCUT2D eigenvalue weighted by Crippen LogP contribution is -2.36. The molecule has 8 nitrogen and oxygen atoms in total. The number of hydrogen-bond donors (Lipinski definition) is 2. The van der Waals surface area contributed by atoms with E-state index in [4.69, 9.17) is 16.3 Å². The summed E-state index contributed by atoms with van der Waals surface area (Å²) in [6.07, 6.45) is 0.742. The number of carbonyl (C=O) groups excluding carboxylic acids is 1. The van der Waals surface area contributed by atoms with Crippen molar-refractivity contribution in [2.75, 3.05) is 31.4 Å². The summed E-state index contributed by atoms with van der Waals surface area (Å²) in [6, 6.07) is 20.0. The molecule has 0 saturated heterocycles. The number of hydrazine groups is 1. The van der Waals surface area contributed by atoms with E-state index in [1.807, 2.05) is 36.4 Å². The van der Waals surface area contributed by atoms with Gasteiger partial charge in [0.2, 0.25) is 10.0 Å². The molecular formula is C26H30N4O4S. The van der Waals surface area contributed by atoms with Gasteiger partial charge in [-0.15, -0.1) is 0 Å². The van der Waals surface area contributed by atoms with Gasteiger partial charge in [-0.25, -0.2) is 14.3 Å². The molecule has 0 saturated carbocycles. The summed E-state index contributed by atoms with van der Waals surface area (Å²) in [7, 11) is -0.540. The Labute approximate surface area is 206 Å². The zero-order valence-electron chi connectivity index (χ0n) is 19.8. The molecule has 0 aliphatic carbocycles. The first-order valence-corrected chi connectivity index (χ1v) is 12.8. The minimum atomic E-state index is -3.61. The van der Waals surface area contributed by atoms with Gasteiger partial charge in [-0.3, -0.25) is 4.79 Å². The van der Waals surface area contributed by atoms with Gasteiger partial charge in [0.25, 0.3) is 0 Å². The monoisotopic (exact) mass is 494 g/mol. The topological polar surface area (TPSA) is 119 Å². The first kappa shape index (κ1) is 24.7. The van der Waals surface area contributed by atoms with Crippen molar-refractivity contribution in [3.63, 3.8) is 0 Å². The van der Waals surface area contributed by atoms with Crippen molar-refractivity contribution < 1.29 is 17.9 Å². The third kappa shape index (κ3) is 5.17. The Kier molecular flexibility index (Phi) is 7.11. The van der Waals surface area contributed by atoms with E-state index in [9.17, 15) is 13.2 Å². The summed E-state index contributed by atoms with van der Waals surface area (Å²) >= 11 is 0. The number of fused-ring (bicyclic) bond motifs is 1. The van der Waals surface area contributed by atoms with Gasteiger partial charge in [-0.2, -0.15) is 4.31 Å². The van der Waals surface area contributed by atoms with Crippen LogP contribution >= 0.6 is 0 Å². The predicted octanol–water partition coefficient (Wildman–Crippen LogP) is 3.02. The van der Waals surface area contributed by atoms with Gasteiger partial charge >= 0.3 is 5.97 Å². The molecule has 1 unspecified atom stereocenters. The normalized spacial score (nSPS) is 14.7. The highest BCUT2D eigenvalue weighted by atomic mass is 32.2. The summed E-state index contributed by atoms with van der Waals surface area (Å²) < 4.78 is 32.8. The molecule has 0 bridgehead atoms. The maximum atomic E-state index is 13.2. The van der Waals surface area contributed by atoms with Crippen LogP contribution in [0.15, 0.2) is 71.6 Å². The molecule has 1 aliphatic heterocycles. The van der Waals surface area contributed by atoms with Gasteiger partial charge in [-0.1, -0.05) is 42.5 Å². The van der Waals surface area contributed by atoms with Crippen LogP contribution in [0.3, 0.4) is 0 Å². The fourth-order valence-electron chi connectivity index (χ4n) is 4.50. The van der Waals surface area contributed by atoms with Crippen LogP contribution in [-0.2, 0) is 32.5 Å². The van der Waals surface area contributed by atoms with Crippen molar-refractivity contribution in [1.82, 2.24) is 4.31 Å². The number of anilines is 2. The van der Waals surface area contributed by atoms with Crippen molar-refractivity contribution in [1.29, 1.82) is 0 Å². The number of rotatable bonds is 7. The summed E-state index contributed by atoms with van der Waals surface area (Å²) in [5.41, 5.74) is 11.2. The van der Waals surface area contributed by atoms with E-state index in [1.54, 1.807) is 37.4 Å². The second-order valence-electron chi connectivity index (χ2n) is 8.69. The lowest BCUT2D eigenvalue weighted by Gasteiger charge is -2.29. The lowest BCUT2D eigenvalue weighted by molar-refractivity contribution is -0.140. The van der Waals surface area contributed by atoms with Gasteiger partial charge in [-0.05, 0) is 52.9 Å². The molecule has 0 radical (unpaired) electrons. The minimum Gasteiger partial charge on any atom is -0.469 e. The SMILES string of the molecule is COC(=O)CC(c1ccc(N(C)N)c(N)c1)c1ccc2c(c1)CN(S(=O)(=O)c1ccccc1)CC2. The summed E-state index contributed by atoms with van der Waals surface area (Å²) in [5, 5.41) is 1.44. The second-order valence-corrected chi connectivity index (χ2v) is 10.6. The quantitative estimate of drug-likeness (QED) is 0.224. The highest BCUT2D eigenvalue weighted by molar-refractivity contribution is 7.89. The van der Waals surface area contributed by atoms with Gasteiger partial charge in [0, 0.05) is 26.1 Å². The van der Waals surface area contributed by atoms with Gasteiger partial charge in [0.05, 0.1) is 29.8 Å². The largest absolute Gasteiger partial charge is 0.469 e. The number of benzene rings is 3. The van der Waals surface area contributed by atoms with Crippen LogP contribution in [0.1, 0.15) is 34.6 Å². The van der Waals surface area contributed by atoms with Crippen LogP contribution < -0.4 is 16.6 Å². The number of nitrogens with zero attached hydrogens (tertiary/aromatic N) is 2. The number of nitrogens with two attached hydrogens (primary N) is 2. The summed E-state index contributed by atoms with van der Waals surface area (Å²) in [4.78, 5) is 12.6. The van der Waals surface area contributed by atoms with Crippen LogP contribution in [0.4, 0.5) is 11.4 Å². The van der Waals surface area contributed by atoms with E-state index in [0.717, 1.165) is 22.3 Å². The van der Waals surface area contributed by atoms with E-state index < -0.39 is 10.0 Å². The number of carbonyl (C=O) groups is 1. The Hall–Kier alpha value is -3.40. The molecule has 0 spiro atoms. The molecule has 0 amide bonds. The lowest BCUT2D eigenvalue weighted by atomic mass is 9.85. The smallest absolute Gasteiger partial charge is 0.306 e. The highest BCUT2D eigenvalue weighted by Crippen LogP contribution is 2.35. The first-order valence-electron chi connectivity index (χ1n) is 11.3. The Balaban J connectivity index is 1.69. The number of nitrogen functional groups attached to an aromatic ring is 1. The minimum absolute atomic E-state index is 0.124. The third-order valence-corrected chi connectivity index (χ3v) is 8.28. The number of esters is 1. The van der Waals surface area contributed by atoms with E-state index >= 15 is 0 Å². The van der Waals surface area contributed by atoms with Crippen molar-refractivity contribution in [2.24, 2.45) is 5.84 Å². The Bertz CT molecular complexity index is 1330. The number of sulfonamides is 1. The van der Waals surface area contributed by atoms with Gasteiger partial charge in [0.1, 0.15) is 0 Å². The molecule has 1 aliphatic rings. The van der Waals surface area contributed by atoms with E-state index in [-0.39, 0.29) is 29.7 Å². The average Bonchev–Trinajstić information content (AvgIpc) is 2.86. The Morgan fingerprint density at radius 2 is 1.74 bits per heavy atom. The van der Waals surface area contributed by atoms with E-state index in [2.05, 4.69) is 0 Å². The second kappa shape index (κ2) is 10.1. The van der Waals surface area contributed by atoms with E-state index in [0.29, 0.717) is 24.3 Å². The predicted molar refractivity (Wildman–Crippen MR) is 136 cm³/mol. The van der Waals surface area contributed by atoms with Crippen molar-refractivity contribution >= 4 is 27.4 Å². The molecule has 0 fully saturated rings. The zero-order chi connectivity index (χ0) is 25.2. The van der Waals surface area contributed by atoms with Crippen molar-refractivity contribution in [3.05, 3.63) is 89.0 Å². The van der Waals surface area contributed by atoms with Crippen LogP contribution in [0.5, 0.6) is 0 Å². The molecule has 4 rings (SSSR count). The fourth-order valence-corrected chi connectivity index (χ4v) is 5.94. The van der Waals surface area contributed by atoms with Crippen LogP contribution in [0, 0.1) is 0 Å². The molecule has 3 aromatic rings. The van der Waals surface area contributed by atoms with Crippen LogP contribution in [0.2, 0.25) is 0 Å². The zero-order valence-corrected chi connectivity index (χ0v) is 20.7. The maximum absolute atomic E-state index is 13.2. The summed E-state index contributed by atoms with van der Waals surface area (Å²) in [5.74, 6) is 5.19. The number of ether oxygens (including phenoxy) is 1. The number of methoxy groups -OCH3 is 1. The third-order valence-electron chi connectivity index (χ3n) is 6.42. The Morgan fingerprint density at radius 1 is 1.06 bits per heavy atom. The first-order chi connectivity index (χ1) is 16.7. The van der Waals surface area contributed by atoms with Crippen molar-refractivity contribution in [2.45, 2.75) is 30.2 Å². The molecule has 0 aromatic heterocycles. The van der Waals surface area contributed by atoms with Gasteiger partial charge in [0.15, 0.2) is 0 Å². The molecule has 4 N–H and O–H groups in total. The number of hydrogen-bond acceptors (Lipinski definition) is 7. The molecule has 3 aromatic carbocycles. The molecular weight excluding hydrogens is 464 g/mol. The fraction of sp³-hybridized carbons (Fsp3) is 0.269. The molecule has 184 valence electrons. The average molecular weight is 495 g/mol. The van der Waals surface area contributed by atoms with E-state index in [1.165, 1.54) is 16.4 Å². The molecule has 9 heteroatoms.